The molecule has 3 heterocycles. The van der Waals surface area contributed by atoms with E-state index in [2.05, 4.69) is 45.3 Å². The van der Waals surface area contributed by atoms with Crippen molar-refractivity contribution >= 4 is 40.4 Å². The number of pyridine rings is 1. The van der Waals surface area contributed by atoms with Crippen LogP contribution in [0.25, 0.3) is 11.2 Å². The fourth-order valence-electron chi connectivity index (χ4n) is 3.69. The molecule has 1 atom stereocenters. The highest BCUT2D eigenvalue weighted by atomic mass is 35.5. The standard InChI is InChI=1S/C21H23ClN4OS/c1-14(28-21-24-18-12-17(22)13-23-19(18)25-21)20(27)26-9-7-16(8-10-26)11-15-5-3-2-4-6-15/h2-6,12-14,16H,7-11H2,1H3,(H,23,24,25)/t14-/m0/s1. The van der Waals surface area contributed by atoms with Gasteiger partial charge in [-0.05, 0) is 43.7 Å². The van der Waals surface area contributed by atoms with Crippen molar-refractivity contribution in [3.63, 3.8) is 0 Å². The first-order chi connectivity index (χ1) is 13.6. The molecular weight excluding hydrogens is 392 g/mol. The molecule has 7 heteroatoms. The number of hydrogen-bond donors (Lipinski definition) is 1. The first-order valence-electron chi connectivity index (χ1n) is 9.59. The number of carbonyl (C=O) groups excluding carboxylic acids is 1. The molecule has 0 unspecified atom stereocenters. The number of nitrogens with zero attached hydrogens (tertiary/aromatic N) is 3. The number of carbonyl (C=O) groups is 1. The average molecular weight is 415 g/mol. The van der Waals surface area contributed by atoms with Gasteiger partial charge in [0.25, 0.3) is 0 Å². The van der Waals surface area contributed by atoms with Crippen molar-refractivity contribution in [3.8, 4) is 0 Å². The van der Waals surface area contributed by atoms with Crippen LogP contribution in [0.3, 0.4) is 0 Å². The molecule has 1 saturated heterocycles. The fraction of sp³-hybridized carbons (Fsp3) is 0.381. The van der Waals surface area contributed by atoms with Crippen molar-refractivity contribution in [1.29, 1.82) is 0 Å². The summed E-state index contributed by atoms with van der Waals surface area (Å²) in [7, 11) is 0. The van der Waals surface area contributed by atoms with Gasteiger partial charge in [-0.15, -0.1) is 0 Å². The van der Waals surface area contributed by atoms with Crippen molar-refractivity contribution in [1.82, 2.24) is 19.9 Å². The van der Waals surface area contributed by atoms with E-state index >= 15 is 0 Å². The quantitative estimate of drug-likeness (QED) is 0.621. The third-order valence-corrected chi connectivity index (χ3v) is 6.39. The monoisotopic (exact) mass is 414 g/mol. The molecule has 1 aromatic carbocycles. The van der Waals surface area contributed by atoms with Gasteiger partial charge in [0.1, 0.15) is 0 Å². The summed E-state index contributed by atoms with van der Waals surface area (Å²) in [4.78, 5) is 26.7. The van der Waals surface area contributed by atoms with E-state index in [0.29, 0.717) is 21.7 Å². The van der Waals surface area contributed by atoms with Crippen LogP contribution in [0.5, 0.6) is 0 Å². The van der Waals surface area contributed by atoms with Crippen LogP contribution in [0.15, 0.2) is 47.8 Å². The lowest BCUT2D eigenvalue weighted by atomic mass is 9.90. The first kappa shape index (κ1) is 19.3. The third kappa shape index (κ3) is 4.50. The number of rotatable bonds is 5. The second-order valence-corrected chi connectivity index (χ2v) is 9.05. The average Bonchev–Trinajstić information content (AvgIpc) is 3.10. The molecule has 1 aliphatic heterocycles. The van der Waals surface area contributed by atoms with Crippen LogP contribution in [0.4, 0.5) is 0 Å². The molecule has 0 spiro atoms. The summed E-state index contributed by atoms with van der Waals surface area (Å²) in [6.07, 6.45) is 4.80. The molecular formula is C21H23ClN4OS. The molecule has 1 amide bonds. The maximum Gasteiger partial charge on any atom is 0.235 e. The number of halogens is 1. The molecule has 3 aromatic rings. The van der Waals surface area contributed by atoms with Gasteiger partial charge in [0.15, 0.2) is 10.8 Å². The summed E-state index contributed by atoms with van der Waals surface area (Å²) in [6.45, 7) is 3.60. The number of nitrogens with one attached hydrogen (secondary N) is 1. The van der Waals surface area contributed by atoms with Crippen molar-refractivity contribution < 1.29 is 4.79 Å². The molecule has 146 valence electrons. The Morgan fingerprint density at radius 1 is 1.32 bits per heavy atom. The summed E-state index contributed by atoms with van der Waals surface area (Å²) < 4.78 is 0. The zero-order valence-corrected chi connectivity index (χ0v) is 17.3. The second kappa shape index (κ2) is 8.53. The molecule has 1 fully saturated rings. The summed E-state index contributed by atoms with van der Waals surface area (Å²) >= 11 is 7.41. The fourth-order valence-corrected chi connectivity index (χ4v) is 4.74. The number of benzene rings is 1. The summed E-state index contributed by atoms with van der Waals surface area (Å²) in [5.41, 5.74) is 2.79. The largest absolute Gasteiger partial charge is 0.342 e. The van der Waals surface area contributed by atoms with Gasteiger partial charge < -0.3 is 9.88 Å². The lowest BCUT2D eigenvalue weighted by Crippen LogP contribution is -2.42. The maximum absolute atomic E-state index is 12.9. The van der Waals surface area contributed by atoms with E-state index in [1.54, 1.807) is 12.3 Å². The summed E-state index contributed by atoms with van der Waals surface area (Å²) in [5, 5.41) is 1.07. The Kier molecular flexibility index (Phi) is 5.87. The third-order valence-electron chi connectivity index (χ3n) is 5.21. The molecule has 5 nitrogen and oxygen atoms in total. The minimum Gasteiger partial charge on any atom is -0.342 e. The number of H-pyrrole nitrogens is 1. The van der Waals surface area contributed by atoms with Crippen LogP contribution in [-0.4, -0.2) is 44.1 Å². The topological polar surface area (TPSA) is 61.9 Å². The SMILES string of the molecule is C[C@H](Sc1nc2ncc(Cl)cc2[nH]1)C(=O)N1CCC(Cc2ccccc2)CC1. The molecule has 0 bridgehead atoms. The minimum absolute atomic E-state index is 0.176. The molecule has 1 aliphatic rings. The van der Waals surface area contributed by atoms with Crippen LogP contribution >= 0.6 is 23.4 Å². The van der Waals surface area contributed by atoms with E-state index in [4.69, 9.17) is 11.6 Å². The van der Waals surface area contributed by atoms with Gasteiger partial charge in [-0.1, -0.05) is 53.7 Å². The smallest absolute Gasteiger partial charge is 0.235 e. The van der Waals surface area contributed by atoms with Crippen LogP contribution in [0, 0.1) is 5.92 Å². The molecule has 28 heavy (non-hydrogen) atoms. The summed E-state index contributed by atoms with van der Waals surface area (Å²) in [6, 6.07) is 12.4. The second-order valence-electron chi connectivity index (χ2n) is 7.29. The lowest BCUT2D eigenvalue weighted by Gasteiger charge is -2.33. The van der Waals surface area contributed by atoms with Gasteiger partial charge >= 0.3 is 0 Å². The maximum atomic E-state index is 12.9. The Morgan fingerprint density at radius 3 is 2.82 bits per heavy atom. The van der Waals surface area contributed by atoms with Crippen LogP contribution in [0.2, 0.25) is 5.02 Å². The van der Waals surface area contributed by atoms with Gasteiger partial charge in [-0.3, -0.25) is 4.79 Å². The highest BCUT2D eigenvalue weighted by Crippen LogP contribution is 2.27. The predicted molar refractivity (Wildman–Crippen MR) is 114 cm³/mol. The van der Waals surface area contributed by atoms with Gasteiger partial charge in [0.05, 0.1) is 15.8 Å². The van der Waals surface area contributed by atoms with Gasteiger partial charge in [0.2, 0.25) is 5.91 Å². The number of likely N-dealkylation sites (tertiary alicyclic amines) is 1. The van der Waals surface area contributed by atoms with E-state index in [1.165, 1.54) is 17.3 Å². The number of hydrogen-bond acceptors (Lipinski definition) is 4. The van der Waals surface area contributed by atoms with Gasteiger partial charge in [0, 0.05) is 19.3 Å². The molecule has 0 saturated carbocycles. The predicted octanol–water partition coefficient (Wildman–Crippen LogP) is 4.57. The Morgan fingerprint density at radius 2 is 2.07 bits per heavy atom. The zero-order chi connectivity index (χ0) is 19.5. The number of amides is 1. The zero-order valence-electron chi connectivity index (χ0n) is 15.8. The van der Waals surface area contributed by atoms with Crippen molar-refractivity contribution in [2.24, 2.45) is 5.92 Å². The number of aromatic nitrogens is 3. The Hall–Kier alpha value is -2.05. The van der Waals surface area contributed by atoms with Crippen LogP contribution in [-0.2, 0) is 11.2 Å². The molecule has 1 N–H and O–H groups in total. The van der Waals surface area contributed by atoms with E-state index in [0.717, 1.165) is 37.9 Å². The minimum atomic E-state index is -0.193. The van der Waals surface area contributed by atoms with Crippen molar-refractivity contribution in [3.05, 3.63) is 53.2 Å². The lowest BCUT2D eigenvalue weighted by molar-refractivity contribution is -0.131. The normalized spacial score (nSPS) is 16.4. The van der Waals surface area contributed by atoms with Crippen LogP contribution < -0.4 is 0 Å². The molecule has 0 radical (unpaired) electrons. The van der Waals surface area contributed by atoms with E-state index < -0.39 is 0 Å². The first-order valence-corrected chi connectivity index (χ1v) is 10.8. The number of fused-ring (bicyclic) bond motifs is 1. The Balaban J connectivity index is 1.31. The highest BCUT2D eigenvalue weighted by Gasteiger charge is 2.27. The highest BCUT2D eigenvalue weighted by molar-refractivity contribution is 8.00. The molecule has 0 aliphatic carbocycles. The molecule has 4 rings (SSSR count). The molecule has 2 aromatic heterocycles. The number of thioether (sulfide) groups is 1. The number of aromatic amines is 1. The van der Waals surface area contributed by atoms with Crippen molar-refractivity contribution in [2.75, 3.05) is 13.1 Å². The van der Waals surface area contributed by atoms with Gasteiger partial charge in [-0.2, -0.15) is 0 Å². The van der Waals surface area contributed by atoms with E-state index in [-0.39, 0.29) is 11.2 Å². The Labute approximate surface area is 173 Å². The van der Waals surface area contributed by atoms with Crippen molar-refractivity contribution in [2.45, 2.75) is 36.6 Å². The Bertz CT molecular complexity index is 953. The number of piperidine rings is 1. The van der Waals surface area contributed by atoms with Crippen LogP contribution in [0.1, 0.15) is 25.3 Å². The van der Waals surface area contributed by atoms with Gasteiger partial charge in [-0.25, -0.2) is 9.97 Å². The number of imidazole rings is 1. The summed E-state index contributed by atoms with van der Waals surface area (Å²) in [5.74, 6) is 0.829. The van der Waals surface area contributed by atoms with E-state index in [9.17, 15) is 4.79 Å². The van der Waals surface area contributed by atoms with E-state index in [1.807, 2.05) is 11.8 Å².